The molecule has 2 aromatic heterocycles. The maximum Gasteiger partial charge on any atom is 0.335 e. The zero-order valence-corrected chi connectivity index (χ0v) is 23.5. The summed E-state index contributed by atoms with van der Waals surface area (Å²) in [5, 5.41) is 9.81. The zero-order chi connectivity index (χ0) is 29.2. The Bertz CT molecular complexity index is 1640. The van der Waals surface area contributed by atoms with Crippen LogP contribution in [0.5, 0.6) is 5.88 Å². The third-order valence-corrected chi connectivity index (χ3v) is 7.75. The van der Waals surface area contributed by atoms with E-state index in [4.69, 9.17) is 26.1 Å². The van der Waals surface area contributed by atoms with E-state index >= 15 is 0 Å². The Labute approximate surface area is 246 Å². The van der Waals surface area contributed by atoms with Gasteiger partial charge >= 0.3 is 5.97 Å². The second kappa shape index (κ2) is 12.0. The third-order valence-electron chi connectivity index (χ3n) is 7.51. The fraction of sp³-hybridized carbons (Fsp3) is 0.333. The van der Waals surface area contributed by atoms with Crippen LogP contribution in [0.2, 0.25) is 5.02 Å². The molecule has 0 aliphatic carbocycles. The Morgan fingerprint density at radius 1 is 1.14 bits per heavy atom. The number of pyridine rings is 1. The molecule has 0 bridgehead atoms. The lowest BCUT2D eigenvalue weighted by atomic mass is 10.1. The van der Waals surface area contributed by atoms with Crippen molar-refractivity contribution >= 4 is 40.3 Å². The number of carbonyl (C=O) groups is 2. The fourth-order valence-corrected chi connectivity index (χ4v) is 5.36. The molecule has 1 N–H and O–H groups in total. The lowest BCUT2D eigenvalue weighted by molar-refractivity contribution is -0.119. The van der Waals surface area contributed by atoms with Crippen LogP contribution in [0.4, 0.5) is 10.2 Å². The number of ether oxygens (including phenoxy) is 2. The van der Waals surface area contributed by atoms with Gasteiger partial charge in [-0.05, 0) is 49.2 Å². The van der Waals surface area contributed by atoms with E-state index in [0.717, 1.165) is 17.8 Å². The molecule has 0 spiro atoms. The molecule has 218 valence electrons. The number of benzene rings is 2. The van der Waals surface area contributed by atoms with Crippen molar-refractivity contribution in [2.45, 2.75) is 38.6 Å². The van der Waals surface area contributed by atoms with Crippen LogP contribution in [-0.4, -0.2) is 68.8 Å². The number of rotatable bonds is 9. The minimum atomic E-state index is -0.996. The molecule has 2 aliphatic rings. The summed E-state index contributed by atoms with van der Waals surface area (Å²) in [6.07, 6.45) is 1.69. The molecular formula is C30H29ClFN5O5. The van der Waals surface area contributed by atoms with Crippen LogP contribution in [-0.2, 0) is 29.2 Å². The number of carbonyl (C=O) groups excluding carboxylic acids is 1. The molecule has 42 heavy (non-hydrogen) atoms. The quantitative estimate of drug-likeness (QED) is 0.301. The lowest BCUT2D eigenvalue weighted by Crippen LogP contribution is -2.37. The zero-order valence-electron chi connectivity index (χ0n) is 22.7. The number of aromatic carboxylic acids is 1. The summed E-state index contributed by atoms with van der Waals surface area (Å²) in [6, 6.07) is 14.5. The number of nitrogens with zero attached hydrogens (tertiary/aromatic N) is 5. The van der Waals surface area contributed by atoms with Crippen molar-refractivity contribution in [2.75, 3.05) is 31.1 Å². The normalized spacial score (nSPS) is 17.7. The van der Waals surface area contributed by atoms with Crippen LogP contribution in [0.3, 0.4) is 0 Å². The predicted molar refractivity (Wildman–Crippen MR) is 153 cm³/mol. The standard InChI is InChI=1S/C30H29ClFN5O5/c31-21-7-5-20(23(32)14-21)18-42-28-4-1-3-26(34-28)36-11-2-10-35(17-29(36)38)16-27-33-24-8-6-19(30(39)40)13-25(24)37(27)15-22-9-12-41-22/h1,3-8,13-14,22H,2,9-12,15-18H2,(H,39,40). The van der Waals surface area contributed by atoms with E-state index in [1.54, 1.807) is 53.4 Å². The highest BCUT2D eigenvalue weighted by Crippen LogP contribution is 2.25. The van der Waals surface area contributed by atoms with E-state index in [1.807, 2.05) is 9.47 Å². The van der Waals surface area contributed by atoms with E-state index in [2.05, 4.69) is 4.98 Å². The Kier molecular flexibility index (Phi) is 8.05. The predicted octanol–water partition coefficient (Wildman–Crippen LogP) is 4.53. The van der Waals surface area contributed by atoms with Gasteiger partial charge in [-0.1, -0.05) is 23.7 Å². The molecule has 4 heterocycles. The summed E-state index contributed by atoms with van der Waals surface area (Å²) in [4.78, 5) is 38.0. The van der Waals surface area contributed by atoms with Crippen LogP contribution < -0.4 is 9.64 Å². The fourth-order valence-electron chi connectivity index (χ4n) is 5.20. The molecule has 1 amide bonds. The van der Waals surface area contributed by atoms with E-state index in [-0.39, 0.29) is 36.6 Å². The van der Waals surface area contributed by atoms with Crippen molar-refractivity contribution in [2.24, 2.45) is 0 Å². The number of carboxylic acid groups (broad SMARTS) is 1. The second-order valence-corrected chi connectivity index (χ2v) is 10.8. The van der Waals surface area contributed by atoms with E-state index < -0.39 is 11.8 Å². The number of fused-ring (bicyclic) bond motifs is 1. The average molecular weight is 594 g/mol. The summed E-state index contributed by atoms with van der Waals surface area (Å²) in [6.45, 7) is 2.98. The summed E-state index contributed by atoms with van der Waals surface area (Å²) >= 11 is 5.83. The van der Waals surface area contributed by atoms with Crippen molar-refractivity contribution in [1.82, 2.24) is 19.4 Å². The van der Waals surface area contributed by atoms with Crippen LogP contribution >= 0.6 is 11.6 Å². The first-order chi connectivity index (χ1) is 20.3. The van der Waals surface area contributed by atoms with Gasteiger partial charge in [-0.15, -0.1) is 0 Å². The number of carboxylic acids is 1. The van der Waals surface area contributed by atoms with E-state index in [9.17, 15) is 19.1 Å². The topological polar surface area (TPSA) is 110 Å². The Morgan fingerprint density at radius 2 is 2.00 bits per heavy atom. The van der Waals surface area contributed by atoms with Gasteiger partial charge in [0.2, 0.25) is 11.8 Å². The molecular weight excluding hydrogens is 565 g/mol. The van der Waals surface area contributed by atoms with Gasteiger partial charge in [0.05, 0.1) is 42.3 Å². The number of halogens is 2. The molecule has 2 aliphatic heterocycles. The first-order valence-corrected chi connectivity index (χ1v) is 14.1. The molecule has 6 rings (SSSR count). The maximum atomic E-state index is 14.2. The molecule has 4 aromatic rings. The third kappa shape index (κ3) is 6.08. The van der Waals surface area contributed by atoms with Crippen molar-refractivity contribution in [3.8, 4) is 5.88 Å². The minimum absolute atomic E-state index is 0.0258. The molecule has 12 heteroatoms. The number of aromatic nitrogens is 3. The molecule has 0 radical (unpaired) electrons. The van der Waals surface area contributed by atoms with Gasteiger partial charge in [0, 0.05) is 36.3 Å². The molecule has 2 saturated heterocycles. The highest BCUT2D eigenvalue weighted by molar-refractivity contribution is 6.30. The van der Waals surface area contributed by atoms with Crippen molar-refractivity contribution in [1.29, 1.82) is 0 Å². The molecule has 2 aromatic carbocycles. The summed E-state index contributed by atoms with van der Waals surface area (Å²) in [7, 11) is 0. The van der Waals surface area contributed by atoms with Gasteiger partial charge in [-0.2, -0.15) is 4.98 Å². The molecule has 0 saturated carbocycles. The van der Waals surface area contributed by atoms with Crippen LogP contribution in [0, 0.1) is 5.82 Å². The SMILES string of the molecule is O=C(O)c1ccc2nc(CN3CCCN(c4cccc(OCc5ccc(Cl)cc5F)n4)C(=O)C3)n(CC3CCO3)c2c1. The highest BCUT2D eigenvalue weighted by Gasteiger charge is 2.27. The molecule has 1 atom stereocenters. The summed E-state index contributed by atoms with van der Waals surface area (Å²) < 4.78 is 27.6. The smallest absolute Gasteiger partial charge is 0.335 e. The van der Waals surface area contributed by atoms with Crippen LogP contribution in [0.25, 0.3) is 11.0 Å². The number of amides is 1. The van der Waals surface area contributed by atoms with Gasteiger partial charge in [0.25, 0.3) is 0 Å². The number of hydrogen-bond acceptors (Lipinski definition) is 7. The highest BCUT2D eigenvalue weighted by atomic mass is 35.5. The lowest BCUT2D eigenvalue weighted by Gasteiger charge is -2.28. The van der Waals surface area contributed by atoms with Crippen LogP contribution in [0.15, 0.2) is 54.6 Å². The molecule has 2 fully saturated rings. The van der Waals surface area contributed by atoms with Gasteiger partial charge < -0.3 is 19.1 Å². The average Bonchev–Trinajstić information content (AvgIpc) is 3.16. The first kappa shape index (κ1) is 28.1. The van der Waals surface area contributed by atoms with Gasteiger partial charge in [0.15, 0.2) is 0 Å². The Morgan fingerprint density at radius 3 is 2.76 bits per heavy atom. The largest absolute Gasteiger partial charge is 0.478 e. The van der Waals surface area contributed by atoms with Gasteiger partial charge in [-0.25, -0.2) is 14.2 Å². The Hall–Kier alpha value is -4.06. The minimum Gasteiger partial charge on any atom is -0.478 e. The van der Waals surface area contributed by atoms with E-state index in [0.29, 0.717) is 61.1 Å². The van der Waals surface area contributed by atoms with Crippen molar-refractivity contribution < 1.29 is 28.6 Å². The van der Waals surface area contributed by atoms with E-state index in [1.165, 1.54) is 6.07 Å². The molecule has 1 unspecified atom stereocenters. The van der Waals surface area contributed by atoms with Gasteiger partial charge in [0.1, 0.15) is 24.1 Å². The van der Waals surface area contributed by atoms with Gasteiger partial charge in [-0.3, -0.25) is 14.6 Å². The van der Waals surface area contributed by atoms with Crippen molar-refractivity contribution in [3.05, 3.63) is 82.4 Å². The van der Waals surface area contributed by atoms with Crippen LogP contribution in [0.1, 0.15) is 34.6 Å². The molecule has 10 nitrogen and oxygen atoms in total. The second-order valence-electron chi connectivity index (χ2n) is 10.4. The summed E-state index contributed by atoms with van der Waals surface area (Å²) in [5.41, 5.74) is 1.99. The monoisotopic (exact) mass is 593 g/mol. The first-order valence-electron chi connectivity index (χ1n) is 13.7. The summed E-state index contributed by atoms with van der Waals surface area (Å²) in [5.74, 6) is -0.0664. The number of hydrogen-bond donors (Lipinski definition) is 1. The van der Waals surface area contributed by atoms with Crippen molar-refractivity contribution in [3.63, 3.8) is 0 Å². The Balaban J connectivity index is 1.16. The maximum absolute atomic E-state index is 14.2. The number of imidazole rings is 1. The number of anilines is 1.